The minimum atomic E-state index is -0.956. The number of hydrogen-bond acceptors (Lipinski definition) is 4. The molecule has 0 fully saturated rings. The number of anilines is 1. The van der Waals surface area contributed by atoms with Gasteiger partial charge in [-0.2, -0.15) is 5.10 Å². The maximum Gasteiger partial charge on any atom is 0.335 e. The molecule has 4 aromatic rings. The molecule has 192 valence electrons. The first-order chi connectivity index (χ1) is 17.7. The van der Waals surface area contributed by atoms with Gasteiger partial charge >= 0.3 is 5.97 Å². The van der Waals surface area contributed by atoms with Crippen LogP contribution in [0, 0.1) is 0 Å². The second kappa shape index (κ2) is 11.5. The van der Waals surface area contributed by atoms with Gasteiger partial charge in [-0.05, 0) is 55.8 Å². The van der Waals surface area contributed by atoms with E-state index in [-0.39, 0.29) is 18.2 Å². The highest BCUT2D eigenvalue weighted by Gasteiger charge is 2.20. The number of aromatic carboxylic acids is 1. The summed E-state index contributed by atoms with van der Waals surface area (Å²) >= 11 is 19.6. The van der Waals surface area contributed by atoms with Crippen LogP contribution >= 0.6 is 34.8 Å². The predicted octanol–water partition coefficient (Wildman–Crippen LogP) is 8.00. The quantitative estimate of drug-likeness (QED) is 0.225. The summed E-state index contributed by atoms with van der Waals surface area (Å²) in [5, 5.41) is 15.4. The Balaban J connectivity index is 1.54. The van der Waals surface area contributed by atoms with Gasteiger partial charge in [-0.3, -0.25) is 4.68 Å². The standard InChI is InChI=1S/C28H26Cl3N3O3/c1-17(2)34-26(21(14-32-34)27-22(29)8-5-9-23(27)30)16-37-20-10-11-25(24(31)13-20)33(3)15-18-6-4-7-19(12-18)28(35)36/h4-14,17H,15-16H2,1-3H3,(H,35,36). The number of carboxylic acid groups (broad SMARTS) is 1. The zero-order valence-electron chi connectivity index (χ0n) is 20.6. The van der Waals surface area contributed by atoms with Crippen molar-refractivity contribution in [2.75, 3.05) is 11.9 Å². The lowest BCUT2D eigenvalue weighted by atomic mass is 10.1. The molecule has 0 radical (unpaired) electrons. The van der Waals surface area contributed by atoms with Crippen LogP contribution in [0.2, 0.25) is 15.1 Å². The smallest absolute Gasteiger partial charge is 0.335 e. The number of halogens is 3. The summed E-state index contributed by atoms with van der Waals surface area (Å²) in [5.74, 6) is -0.356. The van der Waals surface area contributed by atoms with E-state index in [0.717, 1.165) is 28.1 Å². The molecule has 6 nitrogen and oxygen atoms in total. The Morgan fingerprint density at radius 2 is 1.73 bits per heavy atom. The van der Waals surface area contributed by atoms with E-state index in [4.69, 9.17) is 39.5 Å². The summed E-state index contributed by atoms with van der Waals surface area (Å²) in [6, 6.07) is 17.8. The maximum atomic E-state index is 11.3. The van der Waals surface area contributed by atoms with Crippen LogP contribution in [0.1, 0.15) is 41.5 Å². The Kier molecular flexibility index (Phi) is 8.32. The Labute approximate surface area is 231 Å². The molecule has 0 saturated carbocycles. The molecule has 0 atom stereocenters. The maximum absolute atomic E-state index is 11.3. The highest BCUT2D eigenvalue weighted by Crippen LogP contribution is 2.38. The van der Waals surface area contributed by atoms with E-state index in [1.165, 1.54) is 0 Å². The number of rotatable bonds is 9. The van der Waals surface area contributed by atoms with Crippen LogP contribution in [0.15, 0.2) is 66.9 Å². The average Bonchev–Trinajstić information content (AvgIpc) is 3.26. The zero-order chi connectivity index (χ0) is 26.7. The molecule has 1 heterocycles. The molecular formula is C28H26Cl3N3O3. The third-order valence-electron chi connectivity index (χ3n) is 5.92. The van der Waals surface area contributed by atoms with Crippen LogP contribution in [0.5, 0.6) is 5.75 Å². The Bertz CT molecular complexity index is 1420. The first-order valence-electron chi connectivity index (χ1n) is 11.6. The first-order valence-corrected chi connectivity index (χ1v) is 12.8. The van der Waals surface area contributed by atoms with E-state index >= 15 is 0 Å². The average molecular weight is 559 g/mol. The van der Waals surface area contributed by atoms with Crippen molar-refractivity contribution >= 4 is 46.5 Å². The fraction of sp³-hybridized carbons (Fsp3) is 0.214. The lowest BCUT2D eigenvalue weighted by Crippen LogP contribution is -2.17. The van der Waals surface area contributed by atoms with Crippen LogP contribution in [-0.4, -0.2) is 27.9 Å². The SMILES string of the molecule is CC(C)n1ncc(-c2c(Cl)cccc2Cl)c1COc1ccc(N(C)Cc2cccc(C(=O)O)c2)c(Cl)c1. The third kappa shape index (κ3) is 6.04. The Hall–Kier alpha value is -3.19. The monoisotopic (exact) mass is 557 g/mol. The van der Waals surface area contributed by atoms with Crippen LogP contribution in [0.4, 0.5) is 5.69 Å². The minimum absolute atomic E-state index is 0.104. The number of ether oxygens (including phenoxy) is 1. The fourth-order valence-electron chi connectivity index (χ4n) is 4.14. The highest BCUT2D eigenvalue weighted by molar-refractivity contribution is 6.39. The van der Waals surface area contributed by atoms with Gasteiger partial charge in [-0.25, -0.2) is 4.79 Å². The summed E-state index contributed by atoms with van der Waals surface area (Å²) in [6.45, 7) is 4.82. The third-order valence-corrected chi connectivity index (χ3v) is 6.85. The van der Waals surface area contributed by atoms with Crippen molar-refractivity contribution in [2.24, 2.45) is 0 Å². The second-order valence-corrected chi connectivity index (χ2v) is 10.1. The van der Waals surface area contributed by atoms with Crippen LogP contribution in [0.3, 0.4) is 0 Å². The topological polar surface area (TPSA) is 67.6 Å². The summed E-state index contributed by atoms with van der Waals surface area (Å²) in [5.41, 5.74) is 4.30. The molecule has 4 rings (SSSR count). The minimum Gasteiger partial charge on any atom is -0.487 e. The molecule has 0 unspecified atom stereocenters. The molecule has 1 aromatic heterocycles. The van der Waals surface area contributed by atoms with Gasteiger partial charge in [0.1, 0.15) is 12.4 Å². The number of aromatic nitrogens is 2. The van der Waals surface area contributed by atoms with Gasteiger partial charge in [0, 0.05) is 36.8 Å². The highest BCUT2D eigenvalue weighted by atomic mass is 35.5. The lowest BCUT2D eigenvalue weighted by molar-refractivity contribution is 0.0696. The van der Waals surface area contributed by atoms with Gasteiger partial charge in [0.2, 0.25) is 0 Å². The fourth-order valence-corrected chi connectivity index (χ4v) is 5.06. The van der Waals surface area contributed by atoms with Gasteiger partial charge in [-0.15, -0.1) is 0 Å². The van der Waals surface area contributed by atoms with E-state index in [2.05, 4.69) is 5.10 Å². The molecule has 9 heteroatoms. The molecule has 0 aliphatic carbocycles. The van der Waals surface area contributed by atoms with Crippen molar-refractivity contribution in [1.29, 1.82) is 0 Å². The number of benzene rings is 3. The lowest BCUT2D eigenvalue weighted by Gasteiger charge is -2.21. The van der Waals surface area contributed by atoms with Crippen molar-refractivity contribution in [3.63, 3.8) is 0 Å². The van der Waals surface area contributed by atoms with Crippen molar-refractivity contribution in [3.05, 3.63) is 98.7 Å². The molecule has 1 N–H and O–H groups in total. The molecule has 0 aliphatic heterocycles. The Morgan fingerprint density at radius 1 is 1.03 bits per heavy atom. The number of hydrogen-bond donors (Lipinski definition) is 1. The predicted molar refractivity (Wildman–Crippen MR) is 149 cm³/mol. The molecule has 3 aromatic carbocycles. The second-order valence-electron chi connectivity index (χ2n) is 8.90. The number of nitrogens with zero attached hydrogens (tertiary/aromatic N) is 3. The van der Waals surface area contributed by atoms with E-state index in [0.29, 0.717) is 27.4 Å². The van der Waals surface area contributed by atoms with Crippen molar-refractivity contribution in [2.45, 2.75) is 33.0 Å². The van der Waals surface area contributed by atoms with Crippen LogP contribution < -0.4 is 9.64 Å². The largest absolute Gasteiger partial charge is 0.487 e. The van der Waals surface area contributed by atoms with Crippen molar-refractivity contribution < 1.29 is 14.6 Å². The molecule has 0 saturated heterocycles. The normalized spacial score (nSPS) is 11.1. The van der Waals surface area contributed by atoms with Crippen LogP contribution in [0.25, 0.3) is 11.1 Å². The van der Waals surface area contributed by atoms with Crippen LogP contribution in [-0.2, 0) is 13.2 Å². The summed E-state index contributed by atoms with van der Waals surface area (Å²) in [4.78, 5) is 13.2. The summed E-state index contributed by atoms with van der Waals surface area (Å²) in [6.07, 6.45) is 1.76. The molecule has 0 aliphatic rings. The summed E-state index contributed by atoms with van der Waals surface area (Å²) in [7, 11) is 1.90. The number of carboxylic acids is 1. The molecule has 0 bridgehead atoms. The van der Waals surface area contributed by atoms with E-state index in [1.807, 2.05) is 48.7 Å². The van der Waals surface area contributed by atoms with Gasteiger partial charge in [0.15, 0.2) is 0 Å². The van der Waals surface area contributed by atoms with E-state index < -0.39 is 5.97 Å². The molecular weight excluding hydrogens is 533 g/mol. The molecule has 37 heavy (non-hydrogen) atoms. The Morgan fingerprint density at radius 3 is 2.38 bits per heavy atom. The van der Waals surface area contributed by atoms with Crippen molar-refractivity contribution in [1.82, 2.24) is 9.78 Å². The van der Waals surface area contributed by atoms with Gasteiger partial charge < -0.3 is 14.7 Å². The molecule has 0 spiro atoms. The van der Waals surface area contributed by atoms with Gasteiger partial charge in [0.05, 0.1) is 38.2 Å². The number of carbonyl (C=O) groups is 1. The van der Waals surface area contributed by atoms with E-state index in [1.54, 1.807) is 48.7 Å². The zero-order valence-corrected chi connectivity index (χ0v) is 22.8. The van der Waals surface area contributed by atoms with Gasteiger partial charge in [0.25, 0.3) is 0 Å². The van der Waals surface area contributed by atoms with Gasteiger partial charge in [-0.1, -0.05) is 53.0 Å². The van der Waals surface area contributed by atoms with Crippen molar-refractivity contribution in [3.8, 4) is 16.9 Å². The summed E-state index contributed by atoms with van der Waals surface area (Å²) < 4.78 is 8.04. The first kappa shape index (κ1) is 26.9. The van der Waals surface area contributed by atoms with E-state index in [9.17, 15) is 9.90 Å². The molecule has 0 amide bonds.